The van der Waals surface area contributed by atoms with Crippen LogP contribution in [0.2, 0.25) is 0 Å². The summed E-state index contributed by atoms with van der Waals surface area (Å²) in [5.41, 5.74) is -0.603. The van der Waals surface area contributed by atoms with E-state index >= 15 is 0 Å². The maximum Gasteiger partial charge on any atom is 0.329 e. The van der Waals surface area contributed by atoms with E-state index < -0.39 is 35.6 Å². The van der Waals surface area contributed by atoms with Gasteiger partial charge in [-0.2, -0.15) is 0 Å². The fourth-order valence-electron chi connectivity index (χ4n) is 3.54. The van der Waals surface area contributed by atoms with Crippen LogP contribution in [0.5, 0.6) is 0 Å². The molecule has 0 aliphatic carbocycles. The van der Waals surface area contributed by atoms with Crippen molar-refractivity contribution in [2.45, 2.75) is 91.5 Å². The molecule has 10 nitrogen and oxygen atoms in total. The molecule has 4 N–H and O–H groups in total. The number of aromatic amines is 1. The topological polar surface area (TPSA) is 142 Å². The number of imidazole rings is 1. The maximum atomic E-state index is 13.1. The van der Waals surface area contributed by atoms with Crippen molar-refractivity contribution >= 4 is 23.6 Å². The van der Waals surface area contributed by atoms with Crippen LogP contribution in [0.25, 0.3) is 0 Å². The van der Waals surface area contributed by atoms with Gasteiger partial charge < -0.3 is 25.7 Å². The van der Waals surface area contributed by atoms with Crippen molar-refractivity contribution in [2.24, 2.45) is 11.8 Å². The molecule has 1 aromatic heterocycles. The molecule has 0 saturated carbocycles. The lowest BCUT2D eigenvalue weighted by atomic mass is 9.96. The smallest absolute Gasteiger partial charge is 0.329 e. The highest BCUT2D eigenvalue weighted by Gasteiger charge is 2.36. The Kier molecular flexibility index (Phi) is 11.4. The van der Waals surface area contributed by atoms with Crippen LogP contribution in [-0.4, -0.2) is 64.3 Å². The standard InChI is InChI=1S/C24H41N5O5/c1-9-15(5)20(25-8)22(32)28-19(14(3)4)23(33)34-17(11-16-12-26-13-27-16)21(31)29-24(6,7)18(30)10-2/h12-15,17,19-20,25H,9-11H2,1-8H3,(H,26,27)(H,28,32)(H,29,31)/t15-,17-,19-,20-/m0/s1. The minimum Gasteiger partial charge on any atom is -0.450 e. The zero-order valence-electron chi connectivity index (χ0n) is 21.7. The van der Waals surface area contributed by atoms with E-state index in [0.29, 0.717) is 5.69 Å². The molecule has 0 aliphatic heterocycles. The SMILES string of the molecule is CCC(=O)C(C)(C)NC(=O)[C@H](Cc1c[nH]cn1)OC(=O)[C@@H](NC(=O)[C@@H](NC)[C@@H](C)CC)C(C)C. The van der Waals surface area contributed by atoms with Crippen LogP contribution in [-0.2, 0) is 30.3 Å². The van der Waals surface area contributed by atoms with Crippen molar-refractivity contribution in [3.05, 3.63) is 18.2 Å². The third-order valence-corrected chi connectivity index (χ3v) is 5.98. The summed E-state index contributed by atoms with van der Waals surface area (Å²) in [6.07, 6.45) is 2.88. The molecule has 0 spiro atoms. The van der Waals surface area contributed by atoms with E-state index in [0.717, 1.165) is 6.42 Å². The third-order valence-electron chi connectivity index (χ3n) is 5.98. The molecule has 0 fully saturated rings. The first-order valence-electron chi connectivity index (χ1n) is 11.9. The van der Waals surface area contributed by atoms with Gasteiger partial charge in [-0.05, 0) is 32.7 Å². The number of H-pyrrole nitrogens is 1. The second kappa shape index (κ2) is 13.2. The van der Waals surface area contributed by atoms with E-state index in [4.69, 9.17) is 4.74 Å². The number of carbonyl (C=O) groups is 4. The molecule has 10 heteroatoms. The summed E-state index contributed by atoms with van der Waals surface area (Å²) in [6, 6.07) is -1.42. The van der Waals surface area contributed by atoms with Crippen LogP contribution >= 0.6 is 0 Å². The predicted octanol–water partition coefficient (Wildman–Crippen LogP) is 1.51. The van der Waals surface area contributed by atoms with Crippen molar-refractivity contribution < 1.29 is 23.9 Å². The number of ketones is 1. The number of esters is 1. The molecule has 1 heterocycles. The normalized spacial score (nSPS) is 15.2. The van der Waals surface area contributed by atoms with Crippen LogP contribution in [0.3, 0.4) is 0 Å². The van der Waals surface area contributed by atoms with Crippen molar-refractivity contribution in [2.75, 3.05) is 7.05 Å². The number of nitrogens with one attached hydrogen (secondary N) is 4. The number of hydrogen-bond acceptors (Lipinski definition) is 7. The van der Waals surface area contributed by atoms with Gasteiger partial charge in [0.15, 0.2) is 11.9 Å². The van der Waals surface area contributed by atoms with Gasteiger partial charge in [0.25, 0.3) is 5.91 Å². The van der Waals surface area contributed by atoms with Crippen molar-refractivity contribution in [3.8, 4) is 0 Å². The fourth-order valence-corrected chi connectivity index (χ4v) is 3.54. The van der Waals surface area contributed by atoms with Crippen LogP contribution in [0.4, 0.5) is 0 Å². The second-order valence-corrected chi connectivity index (χ2v) is 9.46. The molecule has 0 unspecified atom stereocenters. The summed E-state index contributed by atoms with van der Waals surface area (Å²) in [6.45, 7) is 12.4. The number of likely N-dealkylation sites (N-methyl/N-ethyl adjacent to an activating group) is 1. The highest BCUT2D eigenvalue weighted by molar-refractivity contribution is 5.94. The van der Waals surface area contributed by atoms with Gasteiger partial charge in [-0.25, -0.2) is 9.78 Å². The van der Waals surface area contributed by atoms with Gasteiger partial charge in [0.2, 0.25) is 5.91 Å². The Labute approximate surface area is 202 Å². The minimum absolute atomic E-state index is 0.0161. The molecular formula is C24H41N5O5. The zero-order valence-corrected chi connectivity index (χ0v) is 21.7. The van der Waals surface area contributed by atoms with E-state index in [1.807, 2.05) is 13.8 Å². The number of aromatic nitrogens is 2. The summed E-state index contributed by atoms with van der Waals surface area (Å²) in [5, 5.41) is 8.45. The van der Waals surface area contributed by atoms with E-state index in [1.165, 1.54) is 6.33 Å². The molecule has 192 valence electrons. The number of Topliss-reactive ketones (excluding diaryl/α,β-unsaturated/α-hetero) is 1. The van der Waals surface area contributed by atoms with Gasteiger partial charge in [0.05, 0.1) is 23.6 Å². The predicted molar refractivity (Wildman–Crippen MR) is 129 cm³/mol. The summed E-state index contributed by atoms with van der Waals surface area (Å²) in [7, 11) is 1.70. The van der Waals surface area contributed by atoms with Gasteiger partial charge in [-0.15, -0.1) is 0 Å². The Morgan fingerprint density at radius 3 is 2.21 bits per heavy atom. The molecule has 0 aliphatic rings. The highest BCUT2D eigenvalue weighted by atomic mass is 16.5. The molecule has 0 aromatic carbocycles. The first-order chi connectivity index (χ1) is 15.9. The molecule has 2 amide bonds. The van der Waals surface area contributed by atoms with Crippen molar-refractivity contribution in [1.82, 2.24) is 25.9 Å². The monoisotopic (exact) mass is 479 g/mol. The van der Waals surface area contributed by atoms with E-state index in [2.05, 4.69) is 25.9 Å². The first-order valence-corrected chi connectivity index (χ1v) is 11.9. The molecular weight excluding hydrogens is 438 g/mol. The lowest BCUT2D eigenvalue weighted by Gasteiger charge is -2.29. The van der Waals surface area contributed by atoms with Gasteiger partial charge >= 0.3 is 5.97 Å². The molecule has 0 radical (unpaired) electrons. The molecule has 1 aromatic rings. The fraction of sp³-hybridized carbons (Fsp3) is 0.708. The van der Waals surface area contributed by atoms with E-state index in [1.54, 1.807) is 47.9 Å². The van der Waals surface area contributed by atoms with Crippen LogP contribution in [0, 0.1) is 11.8 Å². The number of ether oxygens (including phenoxy) is 1. The average Bonchev–Trinajstić information content (AvgIpc) is 3.29. The highest BCUT2D eigenvalue weighted by Crippen LogP contribution is 2.14. The lowest BCUT2D eigenvalue weighted by molar-refractivity contribution is -0.160. The van der Waals surface area contributed by atoms with E-state index in [-0.39, 0.29) is 36.4 Å². The number of hydrogen-bond donors (Lipinski definition) is 4. The van der Waals surface area contributed by atoms with Crippen LogP contribution < -0.4 is 16.0 Å². The minimum atomic E-state index is -1.23. The van der Waals surface area contributed by atoms with Crippen LogP contribution in [0.1, 0.15) is 67.0 Å². The number of rotatable bonds is 14. The Bertz CT molecular complexity index is 822. The maximum absolute atomic E-state index is 13.1. The summed E-state index contributed by atoms with van der Waals surface area (Å²) in [5.74, 6) is -2.01. The van der Waals surface area contributed by atoms with Gasteiger partial charge in [-0.1, -0.05) is 41.0 Å². The summed E-state index contributed by atoms with van der Waals surface area (Å²) >= 11 is 0. The van der Waals surface area contributed by atoms with Gasteiger partial charge in [-0.3, -0.25) is 14.4 Å². The molecule has 0 saturated heterocycles. The van der Waals surface area contributed by atoms with Crippen LogP contribution in [0.15, 0.2) is 12.5 Å². The number of amides is 2. The van der Waals surface area contributed by atoms with E-state index in [9.17, 15) is 19.2 Å². The van der Waals surface area contributed by atoms with Crippen molar-refractivity contribution in [3.63, 3.8) is 0 Å². The Morgan fingerprint density at radius 1 is 1.09 bits per heavy atom. The largest absolute Gasteiger partial charge is 0.450 e. The third kappa shape index (κ3) is 8.23. The Hall–Kier alpha value is -2.75. The quantitative estimate of drug-likeness (QED) is 0.296. The van der Waals surface area contributed by atoms with Crippen molar-refractivity contribution in [1.29, 1.82) is 0 Å². The zero-order chi connectivity index (χ0) is 26.1. The summed E-state index contributed by atoms with van der Waals surface area (Å²) in [4.78, 5) is 58.2. The lowest BCUT2D eigenvalue weighted by Crippen LogP contribution is -2.56. The molecule has 4 atom stereocenters. The Morgan fingerprint density at radius 2 is 1.74 bits per heavy atom. The summed E-state index contributed by atoms with van der Waals surface area (Å²) < 4.78 is 5.62. The van der Waals surface area contributed by atoms with Gasteiger partial charge in [0, 0.05) is 19.0 Å². The van der Waals surface area contributed by atoms with Gasteiger partial charge in [0.1, 0.15) is 6.04 Å². The number of nitrogens with zero attached hydrogens (tertiary/aromatic N) is 1. The molecule has 1 rings (SSSR count). The Balaban J connectivity index is 3.08. The number of carbonyl (C=O) groups excluding carboxylic acids is 4. The molecule has 0 bridgehead atoms. The first kappa shape index (κ1) is 29.3. The molecule has 34 heavy (non-hydrogen) atoms. The second-order valence-electron chi connectivity index (χ2n) is 9.46. The average molecular weight is 480 g/mol.